The Labute approximate surface area is 170 Å². The van der Waals surface area contributed by atoms with Gasteiger partial charge in [0.05, 0.1) is 24.8 Å². The number of halogens is 3. The number of hydrogen-bond donors (Lipinski definition) is 1. The van der Waals surface area contributed by atoms with E-state index in [0.717, 1.165) is 0 Å². The predicted molar refractivity (Wildman–Crippen MR) is 105 cm³/mol. The van der Waals surface area contributed by atoms with E-state index in [-0.39, 0.29) is 11.6 Å². The number of nitrogens with one attached hydrogen (secondary N) is 1. The van der Waals surface area contributed by atoms with Crippen molar-refractivity contribution in [2.24, 2.45) is 10.5 Å². The van der Waals surface area contributed by atoms with Gasteiger partial charge in [0.15, 0.2) is 0 Å². The third-order valence-corrected chi connectivity index (χ3v) is 6.81. The molecule has 136 valence electrons. The van der Waals surface area contributed by atoms with Crippen LogP contribution in [0.5, 0.6) is 0 Å². The second-order valence-corrected chi connectivity index (χ2v) is 10.2. The van der Waals surface area contributed by atoms with Crippen LogP contribution < -0.4 is 5.43 Å². The van der Waals surface area contributed by atoms with Crippen molar-refractivity contribution in [1.82, 2.24) is 5.43 Å². The van der Waals surface area contributed by atoms with Crippen molar-refractivity contribution < 1.29 is 14.1 Å². The molecule has 0 saturated heterocycles. The molecule has 1 aromatic heterocycles. The minimum absolute atomic E-state index is 0.0889. The summed E-state index contributed by atoms with van der Waals surface area (Å²) >= 11 is 12.9. The maximum atomic E-state index is 12.1. The molecule has 1 fully saturated rings. The molecule has 26 heavy (non-hydrogen) atoms. The Morgan fingerprint density at radius 3 is 2.73 bits per heavy atom. The van der Waals surface area contributed by atoms with Crippen molar-refractivity contribution in [2.45, 2.75) is 16.6 Å². The first-order chi connectivity index (χ1) is 12.1. The number of furan rings is 1. The van der Waals surface area contributed by atoms with Crippen molar-refractivity contribution in [3.8, 4) is 11.3 Å². The van der Waals surface area contributed by atoms with Crippen LogP contribution in [0.25, 0.3) is 11.3 Å². The number of nitro benzene ring substituents is 1. The number of nitro groups is 1. The quantitative estimate of drug-likeness (QED) is 0.272. The van der Waals surface area contributed by atoms with Crippen molar-refractivity contribution >= 4 is 61.3 Å². The average molecular weight is 506 g/mol. The normalized spacial score (nSPS) is 20.9. The van der Waals surface area contributed by atoms with Gasteiger partial charge in [-0.3, -0.25) is 14.9 Å². The van der Waals surface area contributed by atoms with Gasteiger partial charge in [0.2, 0.25) is 5.91 Å². The van der Waals surface area contributed by atoms with Gasteiger partial charge in [-0.25, -0.2) is 5.43 Å². The molecule has 3 rings (SSSR count). The molecule has 1 saturated carbocycles. The number of hydrazone groups is 1. The van der Waals surface area contributed by atoms with Gasteiger partial charge < -0.3 is 4.42 Å². The van der Waals surface area contributed by atoms with Crippen LogP contribution in [0.4, 0.5) is 5.69 Å². The zero-order valence-electron chi connectivity index (χ0n) is 13.3. The van der Waals surface area contributed by atoms with Crippen LogP contribution in [0.2, 0.25) is 5.02 Å². The van der Waals surface area contributed by atoms with Crippen LogP contribution in [-0.4, -0.2) is 20.3 Å². The van der Waals surface area contributed by atoms with Crippen molar-refractivity contribution in [3.05, 3.63) is 51.2 Å². The van der Waals surface area contributed by atoms with Crippen LogP contribution in [-0.2, 0) is 4.79 Å². The first kappa shape index (κ1) is 19.1. The maximum absolute atomic E-state index is 12.1. The molecular weight excluding hydrogens is 493 g/mol. The van der Waals surface area contributed by atoms with E-state index in [0.29, 0.717) is 28.5 Å². The first-order valence-electron chi connectivity index (χ1n) is 7.39. The summed E-state index contributed by atoms with van der Waals surface area (Å²) in [6, 6.07) is 7.34. The monoisotopic (exact) mass is 503 g/mol. The molecule has 0 spiro atoms. The molecule has 0 radical (unpaired) electrons. The van der Waals surface area contributed by atoms with E-state index in [4.69, 9.17) is 16.0 Å². The van der Waals surface area contributed by atoms with Crippen molar-refractivity contribution in [3.63, 3.8) is 0 Å². The number of rotatable bonds is 5. The fraction of sp³-hybridized carbons (Fsp3) is 0.250. The Hall–Kier alpha value is -1.71. The lowest BCUT2D eigenvalue weighted by Gasteiger charge is -2.09. The van der Waals surface area contributed by atoms with Gasteiger partial charge in [0.1, 0.15) is 11.5 Å². The lowest BCUT2D eigenvalue weighted by molar-refractivity contribution is -0.384. The van der Waals surface area contributed by atoms with Crippen LogP contribution in [0.15, 0.2) is 39.9 Å². The molecule has 1 aliphatic carbocycles. The number of carbonyl (C=O) groups is 1. The van der Waals surface area contributed by atoms with Gasteiger partial charge in [-0.05, 0) is 31.5 Å². The van der Waals surface area contributed by atoms with Gasteiger partial charge in [0.25, 0.3) is 5.69 Å². The Morgan fingerprint density at radius 2 is 2.12 bits per heavy atom. The second-order valence-electron chi connectivity index (χ2n) is 6.04. The Balaban J connectivity index is 1.72. The third kappa shape index (κ3) is 3.56. The maximum Gasteiger partial charge on any atom is 0.270 e. The summed E-state index contributed by atoms with van der Waals surface area (Å²) in [5.74, 6) is 0.504. The summed E-state index contributed by atoms with van der Waals surface area (Å²) in [5, 5.41) is 15.1. The molecule has 2 aromatic rings. The van der Waals surface area contributed by atoms with Gasteiger partial charge >= 0.3 is 0 Å². The number of nitrogens with zero attached hydrogens (tertiary/aromatic N) is 2. The third-order valence-electron chi connectivity index (χ3n) is 4.17. The summed E-state index contributed by atoms with van der Waals surface area (Å²) in [6.07, 6.45) is 2.00. The first-order valence-corrected chi connectivity index (χ1v) is 9.36. The average Bonchev–Trinajstić information content (AvgIpc) is 2.91. The molecule has 0 bridgehead atoms. The minimum Gasteiger partial charge on any atom is -0.455 e. The summed E-state index contributed by atoms with van der Waals surface area (Å²) in [7, 11) is 0. The number of hydrogen-bond acceptors (Lipinski definition) is 5. The zero-order valence-corrected chi connectivity index (χ0v) is 17.3. The summed E-state index contributed by atoms with van der Waals surface area (Å²) in [5.41, 5.74) is 2.21. The highest BCUT2D eigenvalue weighted by atomic mass is 79.9. The molecule has 0 aliphatic heterocycles. The van der Waals surface area contributed by atoms with Gasteiger partial charge in [0, 0.05) is 17.7 Å². The predicted octanol–water partition coefficient (Wildman–Crippen LogP) is 4.85. The molecular formula is C16H12Br2ClN3O4. The fourth-order valence-electron chi connectivity index (χ4n) is 2.31. The summed E-state index contributed by atoms with van der Waals surface area (Å²) in [6.45, 7) is 1.82. The molecule has 10 heteroatoms. The van der Waals surface area contributed by atoms with Crippen LogP contribution >= 0.6 is 43.5 Å². The molecule has 1 amide bonds. The molecule has 1 atom stereocenters. The molecule has 7 nitrogen and oxygen atoms in total. The number of carbonyl (C=O) groups excluding carboxylic acids is 1. The SMILES string of the molecule is C[C@@]1(C(=O)N/N=C\c2ccc(-c3cc([N+](=O)[O-])ccc3Cl)o2)CC1(Br)Br. The Morgan fingerprint density at radius 1 is 1.42 bits per heavy atom. The number of amides is 1. The van der Waals surface area contributed by atoms with Gasteiger partial charge in [-0.1, -0.05) is 43.5 Å². The smallest absolute Gasteiger partial charge is 0.270 e. The fourth-order valence-corrected chi connectivity index (χ4v) is 4.00. The minimum atomic E-state index is -0.574. The van der Waals surface area contributed by atoms with E-state index in [1.54, 1.807) is 12.1 Å². The zero-order chi connectivity index (χ0) is 19.1. The molecule has 0 unspecified atom stereocenters. The van der Waals surface area contributed by atoms with Crippen molar-refractivity contribution in [1.29, 1.82) is 0 Å². The van der Waals surface area contributed by atoms with Crippen molar-refractivity contribution in [2.75, 3.05) is 0 Å². The molecule has 1 heterocycles. The van der Waals surface area contributed by atoms with E-state index in [1.165, 1.54) is 24.4 Å². The standard InChI is InChI=1S/C16H12Br2ClN3O4/c1-15(8-16(15,17)18)14(23)21-20-7-10-3-5-13(26-10)11-6-9(22(24)25)2-4-12(11)19/h2-7H,8H2,1H3,(H,21,23)/b20-7-/t15-/m0/s1. The summed E-state index contributed by atoms with van der Waals surface area (Å²) in [4.78, 5) is 22.5. The Bertz CT molecular complexity index is 928. The van der Waals surface area contributed by atoms with Gasteiger partial charge in [-0.2, -0.15) is 5.10 Å². The van der Waals surface area contributed by atoms with Crippen LogP contribution in [0.1, 0.15) is 19.1 Å². The van der Waals surface area contributed by atoms with E-state index in [1.807, 2.05) is 6.92 Å². The van der Waals surface area contributed by atoms with Crippen LogP contribution in [0, 0.1) is 15.5 Å². The highest BCUT2D eigenvalue weighted by molar-refractivity contribution is 9.25. The lowest BCUT2D eigenvalue weighted by Crippen LogP contribution is -2.29. The topological polar surface area (TPSA) is 97.7 Å². The lowest BCUT2D eigenvalue weighted by atomic mass is 10.1. The number of non-ortho nitro benzene ring substituents is 1. The molecule has 1 aliphatic rings. The van der Waals surface area contributed by atoms with E-state index in [9.17, 15) is 14.9 Å². The van der Waals surface area contributed by atoms with E-state index in [2.05, 4.69) is 42.4 Å². The highest BCUT2D eigenvalue weighted by Gasteiger charge is 2.66. The Kier molecular flexibility index (Phi) is 4.98. The number of alkyl halides is 2. The molecule has 1 aromatic carbocycles. The van der Waals surface area contributed by atoms with Crippen LogP contribution in [0.3, 0.4) is 0 Å². The molecule has 1 N–H and O–H groups in total. The second kappa shape index (κ2) is 6.79. The van der Waals surface area contributed by atoms with E-state index < -0.39 is 13.6 Å². The van der Waals surface area contributed by atoms with Gasteiger partial charge in [-0.15, -0.1) is 0 Å². The number of benzene rings is 1. The highest BCUT2D eigenvalue weighted by Crippen LogP contribution is 2.66. The largest absolute Gasteiger partial charge is 0.455 e. The summed E-state index contributed by atoms with van der Waals surface area (Å²) < 4.78 is 5.18. The van der Waals surface area contributed by atoms with E-state index >= 15 is 0 Å².